The van der Waals surface area contributed by atoms with Crippen molar-refractivity contribution in [3.8, 4) is 11.8 Å². The monoisotopic (exact) mass is 275 g/mol. The molecule has 1 rings (SSSR count). The lowest BCUT2D eigenvalue weighted by Gasteiger charge is -2.27. The quantitative estimate of drug-likeness (QED) is 0.775. The number of ether oxygens (including phenoxy) is 1. The highest BCUT2D eigenvalue weighted by atomic mass is 16.5. The van der Waals surface area contributed by atoms with Crippen LogP contribution in [0.3, 0.4) is 0 Å². The summed E-state index contributed by atoms with van der Waals surface area (Å²) in [7, 11) is 1.73. The van der Waals surface area contributed by atoms with Crippen LogP contribution in [0.1, 0.15) is 31.4 Å². The summed E-state index contributed by atoms with van der Waals surface area (Å²) in [6.07, 6.45) is 0.520. The zero-order valence-corrected chi connectivity index (χ0v) is 12.7. The van der Waals surface area contributed by atoms with Crippen molar-refractivity contribution in [3.05, 3.63) is 35.4 Å². The molecule has 0 saturated carbocycles. The molecule has 0 bridgehead atoms. The Morgan fingerprint density at radius 3 is 2.75 bits per heavy atom. The van der Waals surface area contributed by atoms with Gasteiger partial charge in [0.2, 0.25) is 0 Å². The first kappa shape index (κ1) is 16.7. The minimum absolute atomic E-state index is 0.112. The Labute approximate surface area is 122 Å². The molecule has 0 amide bonds. The number of aliphatic hydroxyl groups excluding tert-OH is 1. The number of benzene rings is 1. The molecule has 0 heterocycles. The van der Waals surface area contributed by atoms with Crippen LogP contribution in [0.25, 0.3) is 0 Å². The first-order valence-corrected chi connectivity index (χ1v) is 7.13. The minimum atomic E-state index is 0.112. The maximum atomic E-state index is 8.80. The first-order valence-electron chi connectivity index (χ1n) is 7.13. The van der Waals surface area contributed by atoms with Crippen molar-refractivity contribution in [2.75, 3.05) is 26.9 Å². The Balaban J connectivity index is 2.82. The van der Waals surface area contributed by atoms with Gasteiger partial charge in [0.05, 0.1) is 13.2 Å². The molecule has 0 radical (unpaired) electrons. The van der Waals surface area contributed by atoms with Crippen molar-refractivity contribution in [3.63, 3.8) is 0 Å². The molecule has 20 heavy (non-hydrogen) atoms. The van der Waals surface area contributed by atoms with Crippen molar-refractivity contribution in [1.29, 1.82) is 0 Å². The summed E-state index contributed by atoms with van der Waals surface area (Å²) in [6, 6.07) is 8.58. The van der Waals surface area contributed by atoms with Gasteiger partial charge in [-0.2, -0.15) is 0 Å². The van der Waals surface area contributed by atoms with E-state index >= 15 is 0 Å². The van der Waals surface area contributed by atoms with Crippen LogP contribution in [0.15, 0.2) is 24.3 Å². The van der Waals surface area contributed by atoms with E-state index in [-0.39, 0.29) is 6.61 Å². The molecule has 0 fully saturated rings. The second-order valence-corrected chi connectivity index (χ2v) is 4.80. The van der Waals surface area contributed by atoms with Gasteiger partial charge in [-0.3, -0.25) is 4.90 Å². The molecular formula is C17H25NO2. The van der Waals surface area contributed by atoms with E-state index < -0.39 is 0 Å². The second-order valence-electron chi connectivity index (χ2n) is 4.80. The number of hydrogen-bond acceptors (Lipinski definition) is 3. The maximum Gasteiger partial charge on any atom is 0.0615 e. The zero-order valence-electron chi connectivity index (χ0n) is 12.7. The van der Waals surface area contributed by atoms with Gasteiger partial charge in [-0.1, -0.05) is 37.0 Å². The predicted molar refractivity (Wildman–Crippen MR) is 82.4 cm³/mol. The average Bonchev–Trinajstić information content (AvgIpc) is 2.46. The summed E-state index contributed by atoms with van der Waals surface area (Å²) in [5.41, 5.74) is 2.27. The summed E-state index contributed by atoms with van der Waals surface area (Å²) in [5, 5.41) is 8.80. The number of rotatable bonds is 7. The SMILES string of the molecule is CCN(Cc1ccccc1C#CCCO)C(C)COC. The fourth-order valence-corrected chi connectivity index (χ4v) is 2.14. The molecule has 3 nitrogen and oxygen atoms in total. The van der Waals surface area contributed by atoms with Crippen LogP contribution in [0, 0.1) is 11.8 Å². The van der Waals surface area contributed by atoms with Crippen molar-refractivity contribution < 1.29 is 9.84 Å². The Hall–Kier alpha value is -1.34. The lowest BCUT2D eigenvalue weighted by molar-refractivity contribution is 0.0981. The third kappa shape index (κ3) is 5.34. The molecule has 1 N–H and O–H groups in total. The third-order valence-electron chi connectivity index (χ3n) is 3.29. The van der Waals surface area contributed by atoms with Crippen LogP contribution in [-0.4, -0.2) is 42.9 Å². The number of aliphatic hydroxyl groups is 1. The van der Waals surface area contributed by atoms with E-state index in [1.165, 1.54) is 5.56 Å². The summed E-state index contributed by atoms with van der Waals surface area (Å²) < 4.78 is 5.24. The first-order chi connectivity index (χ1) is 9.72. The molecule has 3 heteroatoms. The van der Waals surface area contributed by atoms with E-state index in [9.17, 15) is 0 Å². The van der Waals surface area contributed by atoms with Gasteiger partial charge in [0.1, 0.15) is 0 Å². The second kappa shape index (κ2) is 9.55. The van der Waals surface area contributed by atoms with E-state index in [2.05, 4.69) is 36.7 Å². The lowest BCUT2D eigenvalue weighted by Crippen LogP contribution is -2.35. The number of methoxy groups -OCH3 is 1. The molecule has 1 aromatic carbocycles. The average molecular weight is 275 g/mol. The van der Waals surface area contributed by atoms with E-state index in [4.69, 9.17) is 9.84 Å². The standard InChI is InChI=1S/C17H25NO2/c1-4-18(15(2)14-20-3)13-17-11-6-5-9-16(17)10-7-8-12-19/h5-6,9,11,15,19H,4,8,12-14H2,1-3H3. The topological polar surface area (TPSA) is 32.7 Å². The number of nitrogens with zero attached hydrogens (tertiary/aromatic N) is 1. The Kier molecular flexibility index (Phi) is 7.98. The summed E-state index contributed by atoms with van der Waals surface area (Å²) in [4.78, 5) is 2.37. The third-order valence-corrected chi connectivity index (χ3v) is 3.29. The molecular weight excluding hydrogens is 250 g/mol. The van der Waals surface area contributed by atoms with Crippen molar-refractivity contribution >= 4 is 0 Å². The molecule has 1 atom stereocenters. The fourth-order valence-electron chi connectivity index (χ4n) is 2.14. The minimum Gasteiger partial charge on any atom is -0.395 e. The predicted octanol–water partition coefficient (Wildman–Crippen LogP) is 2.28. The van der Waals surface area contributed by atoms with Gasteiger partial charge in [0.25, 0.3) is 0 Å². The molecule has 1 unspecified atom stereocenters. The van der Waals surface area contributed by atoms with Gasteiger partial charge in [-0.15, -0.1) is 0 Å². The van der Waals surface area contributed by atoms with E-state index in [0.717, 1.165) is 25.3 Å². The molecule has 0 aliphatic carbocycles. The van der Waals surface area contributed by atoms with E-state index in [0.29, 0.717) is 12.5 Å². The van der Waals surface area contributed by atoms with Crippen LogP contribution in [0.5, 0.6) is 0 Å². The lowest BCUT2D eigenvalue weighted by atomic mass is 10.1. The molecule has 0 spiro atoms. The van der Waals surface area contributed by atoms with Gasteiger partial charge in [-0.05, 0) is 25.1 Å². The van der Waals surface area contributed by atoms with Gasteiger partial charge in [0.15, 0.2) is 0 Å². The Bertz CT molecular complexity index is 448. The van der Waals surface area contributed by atoms with Gasteiger partial charge in [0, 0.05) is 31.7 Å². The van der Waals surface area contributed by atoms with Crippen LogP contribution >= 0.6 is 0 Å². The highest BCUT2D eigenvalue weighted by molar-refractivity contribution is 5.41. The van der Waals surface area contributed by atoms with Gasteiger partial charge < -0.3 is 9.84 Å². The van der Waals surface area contributed by atoms with Gasteiger partial charge in [-0.25, -0.2) is 0 Å². The maximum absolute atomic E-state index is 8.80. The fraction of sp³-hybridized carbons (Fsp3) is 0.529. The highest BCUT2D eigenvalue weighted by Gasteiger charge is 2.13. The van der Waals surface area contributed by atoms with Crippen molar-refractivity contribution in [2.24, 2.45) is 0 Å². The van der Waals surface area contributed by atoms with Crippen LogP contribution in [0.4, 0.5) is 0 Å². The normalized spacial score (nSPS) is 12.1. The summed E-state index contributed by atoms with van der Waals surface area (Å²) in [6.45, 7) is 7.01. The molecule has 1 aromatic rings. The smallest absolute Gasteiger partial charge is 0.0615 e. The Morgan fingerprint density at radius 2 is 2.10 bits per heavy atom. The van der Waals surface area contributed by atoms with Crippen molar-refractivity contribution in [1.82, 2.24) is 4.90 Å². The largest absolute Gasteiger partial charge is 0.395 e. The number of likely N-dealkylation sites (N-methyl/N-ethyl adjacent to an activating group) is 1. The van der Waals surface area contributed by atoms with E-state index in [1.54, 1.807) is 7.11 Å². The summed E-state index contributed by atoms with van der Waals surface area (Å²) in [5.74, 6) is 6.14. The van der Waals surface area contributed by atoms with Crippen LogP contribution in [-0.2, 0) is 11.3 Å². The van der Waals surface area contributed by atoms with Gasteiger partial charge >= 0.3 is 0 Å². The molecule has 0 aromatic heterocycles. The van der Waals surface area contributed by atoms with Crippen LogP contribution < -0.4 is 0 Å². The zero-order chi connectivity index (χ0) is 14.8. The highest BCUT2D eigenvalue weighted by Crippen LogP contribution is 2.13. The Morgan fingerprint density at radius 1 is 1.35 bits per heavy atom. The number of hydrogen-bond donors (Lipinski definition) is 1. The molecule has 0 aliphatic rings. The summed E-state index contributed by atoms with van der Waals surface area (Å²) >= 11 is 0. The van der Waals surface area contributed by atoms with Crippen LogP contribution in [0.2, 0.25) is 0 Å². The van der Waals surface area contributed by atoms with E-state index in [1.807, 2.05) is 18.2 Å². The van der Waals surface area contributed by atoms with Crippen molar-refractivity contribution in [2.45, 2.75) is 32.9 Å². The molecule has 110 valence electrons. The molecule has 0 aliphatic heterocycles. The molecule has 0 saturated heterocycles.